The molecular formula is C30H37N7O5. The molecule has 0 fully saturated rings. The van der Waals surface area contributed by atoms with Crippen molar-refractivity contribution < 1.29 is 19.5 Å². The third-order valence-electron chi connectivity index (χ3n) is 7.44. The molecule has 0 saturated carbocycles. The normalized spacial score (nSPS) is 14.5. The lowest BCUT2D eigenvalue weighted by Gasteiger charge is -2.25. The number of methoxy groups -OCH3 is 1. The molecule has 0 unspecified atom stereocenters. The fourth-order valence-corrected chi connectivity index (χ4v) is 5.56. The molecule has 2 aliphatic rings. The van der Waals surface area contributed by atoms with Gasteiger partial charge in [-0.3, -0.25) is 24.1 Å². The number of aryl methyl sites for hydroxylation is 4. The van der Waals surface area contributed by atoms with Crippen molar-refractivity contribution in [1.29, 1.82) is 0 Å². The van der Waals surface area contributed by atoms with Crippen LogP contribution in [-0.4, -0.2) is 57.7 Å². The summed E-state index contributed by atoms with van der Waals surface area (Å²) >= 11 is 0. The maximum Gasteiger partial charge on any atom is 0.330 e. The number of rotatable bonds is 8. The molecule has 2 aromatic carbocycles. The van der Waals surface area contributed by atoms with Gasteiger partial charge in [-0.05, 0) is 62.9 Å². The van der Waals surface area contributed by atoms with E-state index in [1.54, 1.807) is 23.3 Å². The summed E-state index contributed by atoms with van der Waals surface area (Å²) < 4.78 is 14.8. The molecule has 1 aromatic heterocycles. The number of likely N-dealkylation sites (N-methyl/N-ethyl adjacent to an activating group) is 1. The number of benzene rings is 2. The van der Waals surface area contributed by atoms with Crippen molar-refractivity contribution in [3.63, 3.8) is 0 Å². The van der Waals surface area contributed by atoms with Crippen LogP contribution in [0.4, 0.5) is 5.69 Å². The van der Waals surface area contributed by atoms with Crippen LogP contribution in [0.2, 0.25) is 0 Å². The van der Waals surface area contributed by atoms with Crippen LogP contribution in [0.3, 0.4) is 0 Å². The zero-order valence-corrected chi connectivity index (χ0v) is 24.8. The molecule has 1 amide bonds. The lowest BCUT2D eigenvalue weighted by Crippen LogP contribution is -2.45. The minimum Gasteiger partial charge on any atom is -0.493 e. The van der Waals surface area contributed by atoms with Crippen LogP contribution in [0, 0.1) is 20.8 Å². The average Bonchev–Trinajstić information content (AvgIpc) is 3.29. The van der Waals surface area contributed by atoms with Gasteiger partial charge in [-0.2, -0.15) is 5.17 Å². The number of fused-ring (bicyclic) bond motifs is 3. The zero-order chi connectivity index (χ0) is 30.1. The molecule has 222 valence electrons. The number of ether oxygens (including phenoxy) is 2. The number of nitrogens with zero attached hydrogens (tertiary/aromatic N) is 5. The van der Waals surface area contributed by atoms with Crippen molar-refractivity contribution in [3.8, 4) is 22.8 Å². The predicted octanol–water partition coefficient (Wildman–Crippen LogP) is 2.45. The third kappa shape index (κ3) is 5.50. The van der Waals surface area contributed by atoms with E-state index in [1.807, 2.05) is 45.9 Å². The molecule has 0 bridgehead atoms. The highest BCUT2D eigenvalue weighted by atomic mass is 16.6. The molecule has 0 aliphatic carbocycles. The summed E-state index contributed by atoms with van der Waals surface area (Å²) in [5.74, 6) is 0.881. The maximum absolute atomic E-state index is 14.0. The second-order valence-corrected chi connectivity index (χ2v) is 10.4. The van der Waals surface area contributed by atoms with Crippen LogP contribution < -0.4 is 31.5 Å². The van der Waals surface area contributed by atoms with E-state index in [2.05, 4.69) is 23.0 Å². The Morgan fingerprint density at radius 3 is 2.50 bits per heavy atom. The van der Waals surface area contributed by atoms with Crippen LogP contribution in [0.25, 0.3) is 11.3 Å². The quantitative estimate of drug-likeness (QED) is 0.374. The zero-order valence-electron chi connectivity index (χ0n) is 24.8. The Balaban J connectivity index is 1.61. The molecule has 0 atom stereocenters. The molecule has 0 radical (unpaired) electrons. The van der Waals surface area contributed by atoms with Gasteiger partial charge in [0.1, 0.15) is 11.2 Å². The number of hydrogen-bond donors (Lipinski definition) is 3. The lowest BCUT2D eigenvalue weighted by atomic mass is 9.97. The number of aromatic nitrogens is 2. The number of amides is 1. The van der Waals surface area contributed by atoms with Crippen LogP contribution in [0.15, 0.2) is 52.0 Å². The molecule has 3 heterocycles. The van der Waals surface area contributed by atoms with Crippen molar-refractivity contribution in [2.75, 3.05) is 27.3 Å². The predicted molar refractivity (Wildman–Crippen MR) is 157 cm³/mol. The van der Waals surface area contributed by atoms with Gasteiger partial charge in [0.15, 0.2) is 11.5 Å². The van der Waals surface area contributed by atoms with Gasteiger partial charge in [-0.1, -0.05) is 17.7 Å². The van der Waals surface area contributed by atoms with Gasteiger partial charge >= 0.3 is 5.69 Å². The molecule has 42 heavy (non-hydrogen) atoms. The monoisotopic (exact) mass is 575 g/mol. The first-order valence-electron chi connectivity index (χ1n) is 13.9. The van der Waals surface area contributed by atoms with E-state index in [1.165, 1.54) is 11.2 Å². The largest absolute Gasteiger partial charge is 0.493 e. The summed E-state index contributed by atoms with van der Waals surface area (Å²) in [6, 6.07) is 9.99. The van der Waals surface area contributed by atoms with E-state index in [0.29, 0.717) is 41.7 Å². The van der Waals surface area contributed by atoms with E-state index in [-0.39, 0.29) is 24.5 Å². The lowest BCUT2D eigenvalue weighted by molar-refractivity contribution is -0.123. The van der Waals surface area contributed by atoms with Gasteiger partial charge in [0.25, 0.3) is 5.91 Å². The van der Waals surface area contributed by atoms with Gasteiger partial charge in [0.2, 0.25) is 0 Å². The van der Waals surface area contributed by atoms with E-state index < -0.39 is 5.91 Å². The first-order valence-corrected chi connectivity index (χ1v) is 13.9. The second kappa shape index (κ2) is 11.7. The smallest absolute Gasteiger partial charge is 0.330 e. The second-order valence-electron chi connectivity index (χ2n) is 10.4. The first-order chi connectivity index (χ1) is 20.1. The summed E-state index contributed by atoms with van der Waals surface area (Å²) in [5, 5.41) is 14.5. The molecule has 3 aromatic rings. The van der Waals surface area contributed by atoms with Gasteiger partial charge in [-0.15, -0.1) is 5.53 Å². The van der Waals surface area contributed by atoms with Crippen LogP contribution in [0.1, 0.15) is 29.2 Å². The minimum absolute atomic E-state index is 0.172. The fourth-order valence-electron chi connectivity index (χ4n) is 5.56. The van der Waals surface area contributed by atoms with E-state index >= 15 is 0 Å². The molecule has 12 heteroatoms. The average molecular weight is 576 g/mol. The molecule has 2 aliphatic heterocycles. The molecular weight excluding hydrogens is 538 g/mol. The summed E-state index contributed by atoms with van der Waals surface area (Å²) in [6.07, 6.45) is 1.92. The highest BCUT2D eigenvalue weighted by molar-refractivity contribution is 5.92. The summed E-state index contributed by atoms with van der Waals surface area (Å²) in [5.41, 5.74) is 9.71. The number of carbonyl (C=O) groups is 1. The van der Waals surface area contributed by atoms with Crippen LogP contribution in [-0.2, 0) is 24.3 Å². The van der Waals surface area contributed by atoms with E-state index in [4.69, 9.17) is 14.5 Å². The Morgan fingerprint density at radius 1 is 1.12 bits per heavy atom. The highest BCUT2D eigenvalue weighted by Crippen LogP contribution is 2.37. The Bertz CT molecular complexity index is 1680. The van der Waals surface area contributed by atoms with E-state index in [0.717, 1.165) is 39.2 Å². The molecule has 0 spiro atoms. The van der Waals surface area contributed by atoms with Crippen molar-refractivity contribution in [2.45, 2.75) is 47.2 Å². The van der Waals surface area contributed by atoms with Crippen LogP contribution >= 0.6 is 0 Å². The summed E-state index contributed by atoms with van der Waals surface area (Å²) in [6.45, 7) is 9.36. The van der Waals surface area contributed by atoms with Gasteiger partial charge in [0.05, 0.1) is 31.3 Å². The third-order valence-corrected chi connectivity index (χ3v) is 7.44. The van der Waals surface area contributed by atoms with Gasteiger partial charge in [0, 0.05) is 38.3 Å². The Hall–Kier alpha value is -4.55. The first kappa shape index (κ1) is 29.0. The van der Waals surface area contributed by atoms with Crippen LogP contribution in [0.5, 0.6) is 11.5 Å². The van der Waals surface area contributed by atoms with Crippen molar-refractivity contribution in [1.82, 2.24) is 30.2 Å². The number of hydrazine groups is 2. The summed E-state index contributed by atoms with van der Waals surface area (Å²) in [7, 11) is 3.21. The summed E-state index contributed by atoms with van der Waals surface area (Å²) in [4.78, 5) is 31.8. The van der Waals surface area contributed by atoms with Crippen molar-refractivity contribution in [2.24, 2.45) is 4.99 Å². The van der Waals surface area contributed by atoms with Crippen molar-refractivity contribution >= 4 is 11.6 Å². The molecule has 0 saturated heterocycles. The van der Waals surface area contributed by atoms with Gasteiger partial charge < -0.3 is 14.8 Å². The highest BCUT2D eigenvalue weighted by Gasteiger charge is 2.24. The molecule has 3 N–H and O–H groups in total. The molecule has 12 nitrogen and oxygen atoms in total. The topological polar surface area (TPSA) is 126 Å². The number of carbonyl (C=O) groups excluding carboxylic acids is 1. The number of hydroxylamine groups is 1. The standard InChI is InChI=1S/C30H37N7O5/c1-7-42-26-14-21-8-10-35-23(22(21)15-25(26)41-6)16-27(32-28-19(3)12-18(2)13-20(28)4)36(30(35)39)11-9-31-29(38)24-17-37(40)33-34(24)5/h12-17,33,40H,7-11H2,1-6H3,(H,31,38). The van der Waals surface area contributed by atoms with Crippen molar-refractivity contribution in [3.05, 3.63) is 80.5 Å². The number of nitrogens with one attached hydrogen (secondary N) is 2. The Labute approximate surface area is 244 Å². The fraction of sp³-hybridized carbons (Fsp3) is 0.367. The maximum atomic E-state index is 14.0. The SMILES string of the molecule is CCOc1cc2c(cc1OC)-c1cc(=Nc3c(C)cc(C)cc3C)n(CCNC(=O)C3=CN(O)NN3C)c(=O)n1CC2. The minimum atomic E-state index is -0.393. The number of hydrogen-bond acceptors (Lipinski definition) is 9. The van der Waals surface area contributed by atoms with E-state index in [9.17, 15) is 14.8 Å². The Kier molecular flexibility index (Phi) is 8.10. The Morgan fingerprint density at radius 2 is 1.86 bits per heavy atom. The van der Waals surface area contributed by atoms with Gasteiger partial charge in [-0.25, -0.2) is 9.79 Å². The molecule has 5 rings (SSSR count).